The Morgan fingerprint density at radius 2 is 1.57 bits per heavy atom. The van der Waals surface area contributed by atoms with Crippen LogP contribution < -0.4 is 10.6 Å². The first-order valence-electron chi connectivity index (χ1n) is 12.6. The molecular formula is C29H40N2O4. The summed E-state index contributed by atoms with van der Waals surface area (Å²) < 4.78 is 4.85. The summed E-state index contributed by atoms with van der Waals surface area (Å²) in [5, 5.41) is 5.60. The van der Waals surface area contributed by atoms with Crippen molar-refractivity contribution in [1.82, 2.24) is 5.32 Å². The summed E-state index contributed by atoms with van der Waals surface area (Å²) in [7, 11) is 2.98. The number of hydrogen-bond acceptors (Lipinski definition) is 4. The molecule has 6 nitrogen and oxygen atoms in total. The third-order valence-corrected chi connectivity index (χ3v) is 6.71. The van der Waals surface area contributed by atoms with Gasteiger partial charge in [-0.2, -0.15) is 0 Å². The number of anilines is 1. The summed E-state index contributed by atoms with van der Waals surface area (Å²) in [6.07, 6.45) is 6.47. The average Bonchev–Trinajstić information content (AvgIpc) is 2.88. The number of hydrogen-bond donors (Lipinski definition) is 2. The molecule has 0 spiro atoms. The Balaban J connectivity index is 1.96. The minimum absolute atomic E-state index is 0.0257. The predicted molar refractivity (Wildman–Crippen MR) is 140 cm³/mol. The topological polar surface area (TPSA) is 84.5 Å². The number of carbonyl (C=O) groups excluding carboxylic acids is 3. The second kappa shape index (κ2) is 15.0. The van der Waals surface area contributed by atoms with Crippen LogP contribution >= 0.6 is 0 Å². The maximum Gasteiger partial charge on any atom is 0.339 e. The van der Waals surface area contributed by atoms with E-state index in [0.29, 0.717) is 36.4 Å². The minimum atomic E-state index is -0.476. The number of para-hydroxylation sites is 1. The smallest absolute Gasteiger partial charge is 0.339 e. The van der Waals surface area contributed by atoms with Crippen LogP contribution in [0.2, 0.25) is 0 Å². The molecule has 0 aliphatic heterocycles. The number of benzene rings is 2. The lowest BCUT2D eigenvalue weighted by Crippen LogP contribution is -2.20. The zero-order valence-electron chi connectivity index (χ0n) is 21.6. The number of nitrogens with one attached hydrogen (secondary N) is 2. The second-order valence-electron chi connectivity index (χ2n) is 9.10. The van der Waals surface area contributed by atoms with Crippen LogP contribution in [0.3, 0.4) is 0 Å². The summed E-state index contributed by atoms with van der Waals surface area (Å²) in [5.41, 5.74) is 3.03. The lowest BCUT2D eigenvalue weighted by atomic mass is 9.87. The Hall–Kier alpha value is -3.15. The molecule has 0 fully saturated rings. The van der Waals surface area contributed by atoms with E-state index in [9.17, 15) is 14.4 Å². The lowest BCUT2D eigenvalue weighted by Gasteiger charge is -2.20. The fourth-order valence-electron chi connectivity index (χ4n) is 4.53. The molecule has 0 bridgehead atoms. The van der Waals surface area contributed by atoms with E-state index in [0.717, 1.165) is 37.7 Å². The van der Waals surface area contributed by atoms with E-state index in [2.05, 4.69) is 41.8 Å². The molecule has 190 valence electrons. The van der Waals surface area contributed by atoms with E-state index < -0.39 is 5.97 Å². The first-order valence-corrected chi connectivity index (χ1v) is 12.6. The monoisotopic (exact) mass is 480 g/mol. The molecule has 2 rings (SSSR count). The third kappa shape index (κ3) is 9.19. The highest BCUT2D eigenvalue weighted by Gasteiger charge is 2.18. The van der Waals surface area contributed by atoms with Crippen molar-refractivity contribution in [3.05, 3.63) is 65.2 Å². The highest BCUT2D eigenvalue weighted by atomic mass is 16.5. The molecule has 0 aromatic heterocycles. The van der Waals surface area contributed by atoms with Crippen LogP contribution in [-0.2, 0) is 14.3 Å². The van der Waals surface area contributed by atoms with Gasteiger partial charge in [0.15, 0.2) is 0 Å². The Labute approximate surface area is 209 Å². The van der Waals surface area contributed by atoms with Crippen LogP contribution in [0.4, 0.5) is 5.69 Å². The molecule has 2 amide bonds. The van der Waals surface area contributed by atoms with Gasteiger partial charge in [0, 0.05) is 19.9 Å². The second-order valence-corrected chi connectivity index (χ2v) is 9.10. The average molecular weight is 481 g/mol. The molecule has 0 aliphatic carbocycles. The van der Waals surface area contributed by atoms with Crippen molar-refractivity contribution in [2.45, 2.75) is 71.1 Å². The SMILES string of the molecule is CCC(CCCC(CCC(=O)NC)CCC(=O)Nc1c(C)cccc1C(=O)OC)c1ccccc1. The number of aryl methyl sites for hydroxylation is 1. The van der Waals surface area contributed by atoms with Crippen molar-refractivity contribution in [3.8, 4) is 0 Å². The highest BCUT2D eigenvalue weighted by Crippen LogP contribution is 2.29. The van der Waals surface area contributed by atoms with Crippen LogP contribution in [0.15, 0.2) is 48.5 Å². The molecule has 2 aromatic rings. The number of carbonyl (C=O) groups is 3. The first-order chi connectivity index (χ1) is 16.9. The summed E-state index contributed by atoms with van der Waals surface area (Å²) in [6, 6.07) is 15.9. The van der Waals surface area contributed by atoms with Crippen molar-refractivity contribution in [2.75, 3.05) is 19.5 Å². The van der Waals surface area contributed by atoms with Gasteiger partial charge in [0.2, 0.25) is 11.8 Å². The fourth-order valence-corrected chi connectivity index (χ4v) is 4.53. The van der Waals surface area contributed by atoms with Crippen LogP contribution in [0.5, 0.6) is 0 Å². The van der Waals surface area contributed by atoms with E-state index in [-0.39, 0.29) is 17.7 Å². The van der Waals surface area contributed by atoms with Gasteiger partial charge >= 0.3 is 5.97 Å². The lowest BCUT2D eigenvalue weighted by molar-refractivity contribution is -0.120. The number of methoxy groups -OCH3 is 1. The molecule has 2 aromatic carbocycles. The number of rotatable bonds is 14. The fraction of sp³-hybridized carbons (Fsp3) is 0.483. The summed E-state index contributed by atoms with van der Waals surface area (Å²) in [6.45, 7) is 4.07. The van der Waals surface area contributed by atoms with Crippen LogP contribution in [-0.4, -0.2) is 31.9 Å². The Bertz CT molecular complexity index is 958. The van der Waals surface area contributed by atoms with Gasteiger partial charge < -0.3 is 15.4 Å². The standard InChI is InChI=1S/C29H40N2O4/c1-5-23(24-13-7-6-8-14-24)15-10-12-22(17-19-26(32)30-3)18-20-27(33)31-28-21(2)11-9-16-25(28)29(34)35-4/h6-9,11,13-14,16,22-23H,5,10,12,15,17-20H2,1-4H3,(H,30,32)(H,31,33). The van der Waals surface area contributed by atoms with Gasteiger partial charge in [0.05, 0.1) is 18.4 Å². The summed E-state index contributed by atoms with van der Waals surface area (Å²) >= 11 is 0. The van der Waals surface area contributed by atoms with Crippen molar-refractivity contribution in [2.24, 2.45) is 5.92 Å². The summed E-state index contributed by atoms with van der Waals surface area (Å²) in [5.74, 6) is 0.222. The number of ether oxygens (including phenoxy) is 1. The van der Waals surface area contributed by atoms with E-state index in [1.54, 1.807) is 19.2 Å². The molecule has 0 aliphatic rings. The maximum absolute atomic E-state index is 12.8. The Kier molecular flexibility index (Phi) is 12.0. The summed E-state index contributed by atoms with van der Waals surface area (Å²) in [4.78, 5) is 36.7. The molecule has 0 saturated heterocycles. The van der Waals surface area contributed by atoms with Crippen molar-refractivity contribution < 1.29 is 19.1 Å². The number of esters is 1. The Morgan fingerprint density at radius 3 is 2.20 bits per heavy atom. The molecular weight excluding hydrogens is 440 g/mol. The highest BCUT2D eigenvalue weighted by molar-refractivity contribution is 6.02. The molecule has 35 heavy (non-hydrogen) atoms. The van der Waals surface area contributed by atoms with E-state index in [4.69, 9.17) is 4.74 Å². The molecule has 0 radical (unpaired) electrons. The molecule has 0 saturated carbocycles. The van der Waals surface area contributed by atoms with Gasteiger partial charge in [-0.25, -0.2) is 4.79 Å². The third-order valence-electron chi connectivity index (χ3n) is 6.71. The van der Waals surface area contributed by atoms with Crippen molar-refractivity contribution in [3.63, 3.8) is 0 Å². The molecule has 6 heteroatoms. The van der Waals surface area contributed by atoms with E-state index in [1.165, 1.54) is 12.7 Å². The normalized spacial score (nSPS) is 12.5. The van der Waals surface area contributed by atoms with Crippen LogP contribution in [0.1, 0.15) is 85.7 Å². The van der Waals surface area contributed by atoms with Gasteiger partial charge in [0.25, 0.3) is 0 Å². The largest absolute Gasteiger partial charge is 0.465 e. The van der Waals surface area contributed by atoms with Gasteiger partial charge in [-0.1, -0.05) is 62.2 Å². The minimum Gasteiger partial charge on any atom is -0.465 e. The molecule has 2 unspecified atom stereocenters. The zero-order chi connectivity index (χ0) is 25.6. The number of amides is 2. The van der Waals surface area contributed by atoms with Crippen LogP contribution in [0.25, 0.3) is 0 Å². The zero-order valence-corrected chi connectivity index (χ0v) is 21.6. The quantitative estimate of drug-likeness (QED) is 0.325. The first kappa shape index (κ1) is 28.1. The van der Waals surface area contributed by atoms with Crippen molar-refractivity contribution in [1.29, 1.82) is 0 Å². The van der Waals surface area contributed by atoms with Gasteiger partial charge in [-0.3, -0.25) is 9.59 Å². The van der Waals surface area contributed by atoms with Crippen LogP contribution in [0, 0.1) is 12.8 Å². The van der Waals surface area contributed by atoms with Gasteiger partial charge in [-0.15, -0.1) is 0 Å². The molecule has 0 heterocycles. The van der Waals surface area contributed by atoms with Gasteiger partial charge in [-0.05, 0) is 61.6 Å². The van der Waals surface area contributed by atoms with Crippen molar-refractivity contribution >= 4 is 23.5 Å². The molecule has 2 N–H and O–H groups in total. The Morgan fingerprint density at radius 1 is 0.886 bits per heavy atom. The van der Waals surface area contributed by atoms with E-state index >= 15 is 0 Å². The predicted octanol–water partition coefficient (Wildman–Crippen LogP) is 6.01. The maximum atomic E-state index is 12.8. The molecule has 2 atom stereocenters. The van der Waals surface area contributed by atoms with Gasteiger partial charge in [0.1, 0.15) is 0 Å². The van der Waals surface area contributed by atoms with E-state index in [1.807, 2.05) is 19.1 Å².